The molecule has 2 aromatic rings. The molecular weight excluding hydrogens is 222 g/mol. The van der Waals surface area contributed by atoms with Crippen molar-refractivity contribution in [3.05, 3.63) is 60.7 Å². The van der Waals surface area contributed by atoms with Crippen LogP contribution in [0.2, 0.25) is 6.55 Å². The van der Waals surface area contributed by atoms with E-state index in [-0.39, 0.29) is 10.4 Å². The van der Waals surface area contributed by atoms with Gasteiger partial charge in [0.05, 0.1) is 0 Å². The van der Waals surface area contributed by atoms with E-state index >= 15 is 0 Å². The van der Waals surface area contributed by atoms with Crippen LogP contribution in [-0.2, 0) is 0 Å². The topological polar surface area (TPSA) is 0 Å². The second-order valence-electron chi connectivity index (χ2n) is 4.18. The van der Waals surface area contributed by atoms with Crippen LogP contribution in [0.5, 0.6) is 0 Å². The number of halogens is 2. The van der Waals surface area contributed by atoms with Crippen molar-refractivity contribution >= 4 is 18.4 Å². The third-order valence-electron chi connectivity index (χ3n) is 2.85. The molecule has 0 saturated heterocycles. The van der Waals surface area contributed by atoms with E-state index in [1.807, 2.05) is 0 Å². The Morgan fingerprint density at radius 3 is 1.31 bits per heavy atom. The zero-order valence-corrected chi connectivity index (χ0v) is 10.0. The molecule has 0 aliphatic rings. The van der Waals surface area contributed by atoms with Crippen LogP contribution in [0.3, 0.4) is 0 Å². The molecule has 16 heavy (non-hydrogen) atoms. The van der Waals surface area contributed by atoms with Crippen molar-refractivity contribution in [1.82, 2.24) is 0 Å². The summed E-state index contributed by atoms with van der Waals surface area (Å²) in [6.45, 7) is 1.10. The fraction of sp³-hybridized carbons (Fsp3) is 0.0769. The Bertz CT molecular complexity index is 428. The molecule has 0 radical (unpaired) electrons. The molecule has 0 fully saturated rings. The van der Waals surface area contributed by atoms with E-state index in [2.05, 4.69) is 0 Å². The van der Waals surface area contributed by atoms with Crippen molar-refractivity contribution in [2.75, 3.05) is 0 Å². The van der Waals surface area contributed by atoms with Gasteiger partial charge in [0, 0.05) is 0 Å². The van der Waals surface area contributed by atoms with Crippen LogP contribution >= 0.6 is 0 Å². The van der Waals surface area contributed by atoms with Crippen LogP contribution in [0.15, 0.2) is 60.7 Å². The first-order valence-corrected chi connectivity index (χ1v) is 7.96. The molecule has 0 saturated carbocycles. The minimum absolute atomic E-state index is 0.161. The van der Waals surface area contributed by atoms with Crippen molar-refractivity contribution in [3.8, 4) is 0 Å². The number of rotatable bonds is 2. The Labute approximate surface area is 94.3 Å². The molecule has 2 rings (SSSR count). The summed E-state index contributed by atoms with van der Waals surface area (Å²) in [5.41, 5.74) is 0. The van der Waals surface area contributed by atoms with Crippen LogP contribution in [0.1, 0.15) is 0 Å². The van der Waals surface area contributed by atoms with Crippen molar-refractivity contribution in [3.63, 3.8) is 0 Å². The second kappa shape index (κ2) is 3.52. The van der Waals surface area contributed by atoms with Crippen LogP contribution in [0.4, 0.5) is 8.22 Å². The first-order chi connectivity index (χ1) is 7.49. The second-order valence-corrected chi connectivity index (χ2v) is 8.24. The summed E-state index contributed by atoms with van der Waals surface area (Å²) < 4.78 is 29.5. The standard InChI is InChI=1S/C13H13F2Si/c1-16(14,15,12-8-4-2-5-9-12)13-10-6-3-7-11-13/h2-11H,1H3/q-1. The van der Waals surface area contributed by atoms with Crippen molar-refractivity contribution in [2.24, 2.45) is 0 Å². The van der Waals surface area contributed by atoms with Crippen molar-refractivity contribution in [2.45, 2.75) is 6.55 Å². The van der Waals surface area contributed by atoms with Gasteiger partial charge in [0.15, 0.2) is 0 Å². The van der Waals surface area contributed by atoms with Gasteiger partial charge in [0.1, 0.15) is 0 Å². The van der Waals surface area contributed by atoms with E-state index < -0.39 is 8.02 Å². The zero-order valence-electron chi connectivity index (χ0n) is 9.03. The Morgan fingerprint density at radius 1 is 0.688 bits per heavy atom. The maximum absolute atomic E-state index is 14.7. The van der Waals surface area contributed by atoms with Crippen LogP contribution in [0.25, 0.3) is 0 Å². The summed E-state index contributed by atoms with van der Waals surface area (Å²) in [4.78, 5) is 0. The summed E-state index contributed by atoms with van der Waals surface area (Å²) in [6, 6.07) is 16.2. The molecule has 0 nitrogen and oxygen atoms in total. The monoisotopic (exact) mass is 235 g/mol. The summed E-state index contributed by atoms with van der Waals surface area (Å²) in [5, 5.41) is 0.322. The summed E-state index contributed by atoms with van der Waals surface area (Å²) in [6.07, 6.45) is 0. The fourth-order valence-corrected chi connectivity index (χ4v) is 4.02. The molecule has 0 atom stereocenters. The van der Waals surface area contributed by atoms with E-state index in [1.165, 1.54) is 24.3 Å². The molecular formula is C13H13F2Si-. The minimum atomic E-state index is -5.20. The molecule has 0 aromatic heterocycles. The van der Waals surface area contributed by atoms with Gasteiger partial charge in [-0.2, -0.15) is 0 Å². The molecule has 0 bridgehead atoms. The molecule has 84 valence electrons. The third-order valence-corrected chi connectivity index (χ3v) is 6.12. The van der Waals surface area contributed by atoms with E-state index in [1.54, 1.807) is 36.4 Å². The van der Waals surface area contributed by atoms with E-state index in [0.717, 1.165) is 6.55 Å². The van der Waals surface area contributed by atoms with Crippen LogP contribution in [-0.4, -0.2) is 8.02 Å². The van der Waals surface area contributed by atoms with Gasteiger partial charge in [-0.3, -0.25) is 0 Å². The van der Waals surface area contributed by atoms with Crippen molar-refractivity contribution < 1.29 is 8.22 Å². The van der Waals surface area contributed by atoms with E-state index in [4.69, 9.17) is 0 Å². The number of hydrogen-bond acceptors (Lipinski definition) is 0. The zero-order chi connectivity index (χ0) is 11.7. The van der Waals surface area contributed by atoms with Gasteiger partial charge in [-0.25, -0.2) is 0 Å². The normalized spacial score (nSPS) is 14.1. The number of benzene rings is 2. The van der Waals surface area contributed by atoms with Gasteiger partial charge in [-0.15, -0.1) is 0 Å². The summed E-state index contributed by atoms with van der Waals surface area (Å²) in [7, 11) is -5.20. The van der Waals surface area contributed by atoms with Crippen LogP contribution < -0.4 is 10.4 Å². The first kappa shape index (κ1) is 11.0. The van der Waals surface area contributed by atoms with Gasteiger partial charge in [0.25, 0.3) is 0 Å². The van der Waals surface area contributed by atoms with Gasteiger partial charge in [-0.05, 0) is 0 Å². The molecule has 0 unspecified atom stereocenters. The number of hydrogen-bond donors (Lipinski definition) is 0. The quantitative estimate of drug-likeness (QED) is 0.554. The fourth-order valence-electron chi connectivity index (χ4n) is 1.79. The molecule has 0 N–H and O–H groups in total. The maximum atomic E-state index is 14.7. The Hall–Kier alpha value is -1.48. The van der Waals surface area contributed by atoms with Gasteiger partial charge in [0.2, 0.25) is 0 Å². The molecule has 0 aliphatic carbocycles. The summed E-state index contributed by atoms with van der Waals surface area (Å²) >= 11 is 0. The van der Waals surface area contributed by atoms with Crippen LogP contribution in [0, 0.1) is 0 Å². The average molecular weight is 235 g/mol. The Kier molecular flexibility index (Phi) is 2.43. The predicted octanol–water partition coefficient (Wildman–Crippen LogP) is 2.77. The average Bonchev–Trinajstić information content (AvgIpc) is 2.31. The van der Waals surface area contributed by atoms with Crippen molar-refractivity contribution in [1.29, 1.82) is 0 Å². The molecule has 0 amide bonds. The Morgan fingerprint density at radius 2 is 1.00 bits per heavy atom. The van der Waals surface area contributed by atoms with Gasteiger partial charge >= 0.3 is 93.8 Å². The van der Waals surface area contributed by atoms with Gasteiger partial charge in [-0.1, -0.05) is 0 Å². The summed E-state index contributed by atoms with van der Waals surface area (Å²) in [5.74, 6) is 0. The Balaban J connectivity index is 2.60. The molecule has 0 heterocycles. The van der Waals surface area contributed by atoms with E-state index in [9.17, 15) is 8.22 Å². The third kappa shape index (κ3) is 1.78. The molecule has 2 aromatic carbocycles. The molecule has 0 spiro atoms. The van der Waals surface area contributed by atoms with E-state index in [0.29, 0.717) is 0 Å². The SMILES string of the molecule is C[Si-](F)(F)(c1ccccc1)c1ccccc1. The molecule has 3 heteroatoms. The first-order valence-electron chi connectivity index (χ1n) is 5.20. The van der Waals surface area contributed by atoms with Gasteiger partial charge < -0.3 is 0 Å². The molecule has 0 aliphatic heterocycles. The predicted molar refractivity (Wildman–Crippen MR) is 66.0 cm³/mol.